The molecule has 0 amide bonds. The Bertz CT molecular complexity index is 1110. The van der Waals surface area contributed by atoms with E-state index in [-0.39, 0.29) is 5.76 Å². The summed E-state index contributed by atoms with van der Waals surface area (Å²) in [6, 6.07) is 11.6. The van der Waals surface area contributed by atoms with Crippen LogP contribution in [0.15, 0.2) is 59.3 Å². The number of hydrogen-bond donors (Lipinski definition) is 1. The number of ether oxygens (including phenoxy) is 1. The quantitative estimate of drug-likeness (QED) is 0.476. The van der Waals surface area contributed by atoms with Crippen LogP contribution in [-0.4, -0.2) is 23.7 Å². The van der Waals surface area contributed by atoms with E-state index in [2.05, 4.69) is 22.6 Å². The fourth-order valence-electron chi connectivity index (χ4n) is 3.48. The molecule has 0 aliphatic heterocycles. The van der Waals surface area contributed by atoms with Crippen molar-refractivity contribution in [2.45, 2.75) is 32.8 Å². The molecule has 0 spiro atoms. The third-order valence-corrected chi connectivity index (χ3v) is 4.72. The molecule has 1 aliphatic carbocycles. The molecule has 4 rings (SSSR count). The van der Waals surface area contributed by atoms with E-state index in [1.165, 1.54) is 0 Å². The van der Waals surface area contributed by atoms with E-state index in [0.717, 1.165) is 39.9 Å². The highest BCUT2D eigenvalue weighted by atomic mass is 16.6. The van der Waals surface area contributed by atoms with Gasteiger partial charge < -0.3 is 9.15 Å². The van der Waals surface area contributed by atoms with Gasteiger partial charge in [0.2, 0.25) is 5.76 Å². The number of aromatic nitrogens is 1. The van der Waals surface area contributed by atoms with Crippen molar-refractivity contribution >= 4 is 11.7 Å². The van der Waals surface area contributed by atoms with Gasteiger partial charge in [0.1, 0.15) is 11.4 Å². The Morgan fingerprint density at radius 2 is 1.83 bits per heavy atom. The lowest BCUT2D eigenvalue weighted by Crippen LogP contribution is -2.23. The van der Waals surface area contributed by atoms with Gasteiger partial charge >= 0.3 is 5.97 Å². The minimum Gasteiger partial charge on any atom is -0.454 e. The van der Waals surface area contributed by atoms with Crippen molar-refractivity contribution in [3.05, 3.63) is 71.8 Å². The standard InChI is InChI=1S/C24H24N2O4/c1-24(2,3)30-23(27)21-14-19(15-9-11-25-12-10-15)22(29-21)17-5-7-18-16(13-17)6-8-20(18)26-28-4/h5,7-14,26H,6H2,1-4H3. The smallest absolute Gasteiger partial charge is 0.374 e. The number of fused-ring (bicyclic) bond motifs is 1. The van der Waals surface area contributed by atoms with Gasteiger partial charge in [-0.15, -0.1) is 0 Å². The molecule has 1 N–H and O–H groups in total. The Balaban J connectivity index is 1.77. The third-order valence-electron chi connectivity index (χ3n) is 4.72. The molecule has 0 fully saturated rings. The van der Waals surface area contributed by atoms with Crippen molar-refractivity contribution < 1.29 is 18.8 Å². The van der Waals surface area contributed by atoms with Crippen molar-refractivity contribution in [3.8, 4) is 22.5 Å². The Morgan fingerprint density at radius 1 is 1.07 bits per heavy atom. The molecule has 3 aromatic rings. The molecule has 0 atom stereocenters. The Labute approximate surface area is 175 Å². The SMILES string of the molecule is CONC1=CCc2cc(-c3oc(C(=O)OC(C)(C)C)cc3-c3ccncc3)ccc21. The van der Waals surface area contributed by atoms with Crippen LogP contribution in [0.3, 0.4) is 0 Å². The summed E-state index contributed by atoms with van der Waals surface area (Å²) in [5.41, 5.74) is 8.12. The van der Waals surface area contributed by atoms with E-state index in [1.54, 1.807) is 25.6 Å². The number of furan rings is 1. The van der Waals surface area contributed by atoms with Crippen LogP contribution in [0.25, 0.3) is 28.1 Å². The number of carbonyl (C=O) groups excluding carboxylic acids is 1. The summed E-state index contributed by atoms with van der Waals surface area (Å²) in [7, 11) is 1.59. The van der Waals surface area contributed by atoms with Gasteiger partial charge in [0.05, 0.1) is 12.8 Å². The van der Waals surface area contributed by atoms with Gasteiger partial charge in [-0.25, -0.2) is 4.79 Å². The zero-order chi connectivity index (χ0) is 21.3. The van der Waals surface area contributed by atoms with Crippen LogP contribution in [0.5, 0.6) is 0 Å². The van der Waals surface area contributed by atoms with Crippen LogP contribution < -0.4 is 5.48 Å². The second-order valence-electron chi connectivity index (χ2n) is 8.09. The topological polar surface area (TPSA) is 73.6 Å². The number of benzene rings is 1. The number of rotatable bonds is 5. The second kappa shape index (κ2) is 7.80. The fourth-order valence-corrected chi connectivity index (χ4v) is 3.48. The molecule has 0 bridgehead atoms. The highest BCUT2D eigenvalue weighted by Gasteiger charge is 2.25. The first-order valence-corrected chi connectivity index (χ1v) is 9.76. The van der Waals surface area contributed by atoms with Crippen LogP contribution in [0, 0.1) is 0 Å². The van der Waals surface area contributed by atoms with E-state index in [0.29, 0.717) is 5.76 Å². The molecule has 0 radical (unpaired) electrons. The number of hydrogen-bond acceptors (Lipinski definition) is 6. The summed E-state index contributed by atoms with van der Waals surface area (Å²) in [5, 5.41) is 0. The van der Waals surface area contributed by atoms with Gasteiger partial charge in [-0.1, -0.05) is 18.2 Å². The van der Waals surface area contributed by atoms with Gasteiger partial charge in [-0.2, -0.15) is 0 Å². The normalized spacial score (nSPS) is 13.0. The fraction of sp³-hybridized carbons (Fsp3) is 0.250. The summed E-state index contributed by atoms with van der Waals surface area (Å²) in [5.74, 6) is 0.309. The molecule has 6 nitrogen and oxygen atoms in total. The number of carbonyl (C=O) groups is 1. The van der Waals surface area contributed by atoms with Crippen LogP contribution in [0.1, 0.15) is 42.5 Å². The maximum atomic E-state index is 12.6. The van der Waals surface area contributed by atoms with Gasteiger partial charge in [-0.3, -0.25) is 15.3 Å². The number of nitrogens with zero attached hydrogens (tertiary/aromatic N) is 1. The summed E-state index contributed by atoms with van der Waals surface area (Å²) < 4.78 is 11.5. The molecule has 2 aromatic heterocycles. The van der Waals surface area contributed by atoms with Gasteiger partial charge in [0.25, 0.3) is 0 Å². The Hall–Kier alpha value is -3.38. The second-order valence-corrected chi connectivity index (χ2v) is 8.09. The molecule has 1 aliphatic rings. The number of nitrogens with one attached hydrogen (secondary N) is 1. The molecule has 6 heteroatoms. The van der Waals surface area contributed by atoms with Crippen LogP contribution in [0.4, 0.5) is 0 Å². The molecule has 0 saturated heterocycles. The number of hydroxylamine groups is 1. The molecular formula is C24H24N2O4. The van der Waals surface area contributed by atoms with Crippen molar-refractivity contribution in [1.29, 1.82) is 0 Å². The first-order chi connectivity index (χ1) is 14.4. The summed E-state index contributed by atoms with van der Waals surface area (Å²) in [6.45, 7) is 5.49. The average molecular weight is 404 g/mol. The lowest BCUT2D eigenvalue weighted by Gasteiger charge is -2.18. The lowest BCUT2D eigenvalue weighted by molar-refractivity contribution is 0.00368. The summed E-state index contributed by atoms with van der Waals surface area (Å²) in [6.07, 6.45) is 6.30. The molecule has 0 saturated carbocycles. The maximum absolute atomic E-state index is 12.6. The molecule has 1 aromatic carbocycles. The van der Waals surface area contributed by atoms with Crippen molar-refractivity contribution in [3.63, 3.8) is 0 Å². The Kier molecular flexibility index (Phi) is 5.18. The van der Waals surface area contributed by atoms with Gasteiger partial charge in [0.15, 0.2) is 0 Å². The monoisotopic (exact) mass is 404 g/mol. The first-order valence-electron chi connectivity index (χ1n) is 9.76. The highest BCUT2D eigenvalue weighted by Crippen LogP contribution is 2.38. The predicted molar refractivity (Wildman–Crippen MR) is 114 cm³/mol. The maximum Gasteiger partial charge on any atom is 0.374 e. The molecule has 0 unspecified atom stereocenters. The zero-order valence-electron chi connectivity index (χ0n) is 17.5. The molecular weight excluding hydrogens is 380 g/mol. The van der Waals surface area contributed by atoms with Crippen molar-refractivity contribution in [2.75, 3.05) is 7.11 Å². The number of esters is 1. The highest BCUT2D eigenvalue weighted by molar-refractivity contribution is 5.92. The van der Waals surface area contributed by atoms with E-state index in [4.69, 9.17) is 14.0 Å². The van der Waals surface area contributed by atoms with E-state index in [9.17, 15) is 4.79 Å². The number of pyridine rings is 1. The molecule has 30 heavy (non-hydrogen) atoms. The van der Waals surface area contributed by atoms with E-state index >= 15 is 0 Å². The van der Waals surface area contributed by atoms with E-state index in [1.807, 2.05) is 45.0 Å². The zero-order valence-corrected chi connectivity index (χ0v) is 17.5. The molecule has 2 heterocycles. The molecule has 154 valence electrons. The predicted octanol–water partition coefficient (Wildman–Crippen LogP) is 5.01. The summed E-state index contributed by atoms with van der Waals surface area (Å²) in [4.78, 5) is 21.8. The number of allylic oxidation sites excluding steroid dienone is 1. The van der Waals surface area contributed by atoms with Crippen molar-refractivity contribution in [1.82, 2.24) is 10.5 Å². The van der Waals surface area contributed by atoms with Gasteiger partial charge in [0, 0.05) is 29.1 Å². The van der Waals surface area contributed by atoms with Crippen LogP contribution in [0.2, 0.25) is 0 Å². The first kappa shape index (κ1) is 19.9. The minimum absolute atomic E-state index is 0.173. The minimum atomic E-state index is -0.606. The average Bonchev–Trinajstić information content (AvgIpc) is 3.32. The third kappa shape index (κ3) is 4.00. The van der Waals surface area contributed by atoms with Crippen LogP contribution in [-0.2, 0) is 16.0 Å². The lowest BCUT2D eigenvalue weighted by atomic mass is 9.99. The van der Waals surface area contributed by atoms with Crippen molar-refractivity contribution in [2.24, 2.45) is 0 Å². The Morgan fingerprint density at radius 3 is 2.53 bits per heavy atom. The largest absolute Gasteiger partial charge is 0.454 e. The summed E-state index contributed by atoms with van der Waals surface area (Å²) >= 11 is 0. The van der Waals surface area contributed by atoms with Gasteiger partial charge in [-0.05, 0) is 62.6 Å². The van der Waals surface area contributed by atoms with E-state index < -0.39 is 11.6 Å². The van der Waals surface area contributed by atoms with Crippen LogP contribution >= 0.6 is 0 Å².